The molecule has 0 unspecified atom stereocenters. The van der Waals surface area contributed by atoms with Crippen molar-refractivity contribution in [2.75, 3.05) is 17.2 Å². The van der Waals surface area contributed by atoms with E-state index in [1.807, 2.05) is 0 Å². The molecule has 8 heteroatoms. The number of nitrogens with zero attached hydrogens (tertiary/aromatic N) is 4. The average Bonchev–Trinajstić information content (AvgIpc) is 2.69. The third-order valence-corrected chi connectivity index (χ3v) is 2.18. The molecule has 7 N–H and O–H groups in total. The van der Waals surface area contributed by atoms with Crippen molar-refractivity contribution < 1.29 is 0 Å². The lowest BCUT2D eigenvalue weighted by Gasteiger charge is -1.97. The Morgan fingerprint density at radius 3 is 2.87 bits per heavy atom. The molecule has 0 bridgehead atoms. The Labute approximate surface area is 83.1 Å². The van der Waals surface area contributed by atoms with E-state index in [1.54, 1.807) is 6.07 Å². The van der Waals surface area contributed by atoms with Gasteiger partial charge in [-0.05, 0) is 0 Å². The predicted molar refractivity (Wildman–Crippen MR) is 55.9 cm³/mol. The summed E-state index contributed by atoms with van der Waals surface area (Å²) in [6.07, 6.45) is 0. The van der Waals surface area contributed by atoms with Crippen molar-refractivity contribution in [2.45, 2.75) is 0 Å². The number of aromatic nitrogens is 5. The monoisotopic (exact) mass is 204 g/mol. The molecule has 0 saturated carbocycles. The number of nitrogens with one attached hydrogen (secondary N) is 1. The van der Waals surface area contributed by atoms with Crippen LogP contribution in [0.15, 0.2) is 6.07 Å². The molecule has 3 rings (SSSR count). The van der Waals surface area contributed by atoms with Crippen LogP contribution in [0.25, 0.3) is 16.7 Å². The van der Waals surface area contributed by atoms with Gasteiger partial charge in [-0.15, -0.1) is 5.10 Å². The molecule has 3 heterocycles. The molecule has 0 fully saturated rings. The zero-order valence-electron chi connectivity index (χ0n) is 7.60. The maximum Gasteiger partial charge on any atom is 0.190 e. The standard InChI is InChI=1S/C7H8N8/c8-2-1-3-11-5(9)4-6(10)12-13-7(4)15(3)14-2/h1H,(H2,8,14)(H2,9,11)(H3,10,12,13). The Kier molecular flexibility index (Phi) is 1.20. The van der Waals surface area contributed by atoms with Crippen LogP contribution in [0.4, 0.5) is 17.5 Å². The number of nitrogen functional groups attached to an aromatic ring is 3. The van der Waals surface area contributed by atoms with E-state index in [4.69, 9.17) is 17.2 Å². The maximum atomic E-state index is 5.74. The summed E-state index contributed by atoms with van der Waals surface area (Å²) in [5.41, 5.74) is 18.0. The highest BCUT2D eigenvalue weighted by Crippen LogP contribution is 2.24. The lowest BCUT2D eigenvalue weighted by molar-refractivity contribution is 0.957. The topological polar surface area (TPSA) is 137 Å². The highest BCUT2D eigenvalue weighted by Gasteiger charge is 2.13. The van der Waals surface area contributed by atoms with Crippen molar-refractivity contribution in [1.82, 2.24) is 24.8 Å². The molecular weight excluding hydrogens is 196 g/mol. The number of hydrogen-bond acceptors (Lipinski definition) is 6. The van der Waals surface area contributed by atoms with E-state index < -0.39 is 0 Å². The molecule has 0 saturated heterocycles. The fraction of sp³-hybridized carbons (Fsp3) is 0. The molecule has 3 aromatic rings. The first-order chi connectivity index (χ1) is 7.16. The molecule has 0 spiro atoms. The SMILES string of the molecule is Nc1cc2nc(N)c3c(N)[nH]nc3n2n1. The zero-order valence-corrected chi connectivity index (χ0v) is 7.60. The molecule has 0 aliphatic carbocycles. The number of nitrogens with two attached hydrogens (primary N) is 3. The summed E-state index contributed by atoms with van der Waals surface area (Å²) >= 11 is 0. The highest BCUT2D eigenvalue weighted by molar-refractivity contribution is 5.96. The van der Waals surface area contributed by atoms with E-state index in [0.29, 0.717) is 34.1 Å². The summed E-state index contributed by atoms with van der Waals surface area (Å²) in [6.45, 7) is 0. The third kappa shape index (κ3) is 0.870. The van der Waals surface area contributed by atoms with Crippen LogP contribution >= 0.6 is 0 Å². The number of fused-ring (bicyclic) bond motifs is 3. The largest absolute Gasteiger partial charge is 0.383 e. The molecule has 76 valence electrons. The number of anilines is 3. The normalized spacial score (nSPS) is 11.5. The van der Waals surface area contributed by atoms with Crippen LogP contribution in [0.1, 0.15) is 0 Å². The van der Waals surface area contributed by atoms with Crippen molar-refractivity contribution >= 4 is 34.1 Å². The van der Waals surface area contributed by atoms with Crippen LogP contribution < -0.4 is 17.2 Å². The minimum Gasteiger partial charge on any atom is -0.383 e. The number of aromatic amines is 1. The van der Waals surface area contributed by atoms with Gasteiger partial charge < -0.3 is 17.2 Å². The summed E-state index contributed by atoms with van der Waals surface area (Å²) in [4.78, 5) is 4.12. The van der Waals surface area contributed by atoms with Gasteiger partial charge in [0.15, 0.2) is 11.3 Å². The Balaban J connectivity index is 2.63. The van der Waals surface area contributed by atoms with E-state index in [0.717, 1.165) is 0 Å². The second kappa shape index (κ2) is 2.29. The van der Waals surface area contributed by atoms with Gasteiger partial charge in [-0.2, -0.15) is 9.61 Å². The van der Waals surface area contributed by atoms with E-state index in [9.17, 15) is 0 Å². The minimum atomic E-state index is 0.309. The summed E-state index contributed by atoms with van der Waals surface area (Å²) in [5.74, 6) is 1.03. The Morgan fingerprint density at radius 1 is 1.27 bits per heavy atom. The summed E-state index contributed by atoms with van der Waals surface area (Å²) in [5, 5.41) is 11.2. The van der Waals surface area contributed by atoms with Gasteiger partial charge in [-0.25, -0.2) is 4.98 Å². The maximum absolute atomic E-state index is 5.74. The lowest BCUT2D eigenvalue weighted by Crippen LogP contribution is -1.99. The molecule has 0 aromatic carbocycles. The van der Waals surface area contributed by atoms with Crippen molar-refractivity contribution in [3.63, 3.8) is 0 Å². The number of hydrogen-bond donors (Lipinski definition) is 4. The molecule has 0 aliphatic rings. The van der Waals surface area contributed by atoms with E-state index >= 15 is 0 Å². The van der Waals surface area contributed by atoms with Crippen LogP contribution in [0, 0.1) is 0 Å². The summed E-state index contributed by atoms with van der Waals surface area (Å²) in [7, 11) is 0. The van der Waals surface area contributed by atoms with Crippen LogP contribution in [-0.2, 0) is 0 Å². The molecule has 0 radical (unpaired) electrons. The lowest BCUT2D eigenvalue weighted by atomic mass is 10.3. The second-order valence-corrected chi connectivity index (χ2v) is 3.17. The van der Waals surface area contributed by atoms with E-state index in [1.165, 1.54) is 4.52 Å². The van der Waals surface area contributed by atoms with Gasteiger partial charge in [0.1, 0.15) is 22.8 Å². The zero-order chi connectivity index (χ0) is 10.6. The van der Waals surface area contributed by atoms with Gasteiger partial charge in [0.2, 0.25) is 0 Å². The van der Waals surface area contributed by atoms with Crippen molar-refractivity contribution in [1.29, 1.82) is 0 Å². The fourth-order valence-electron chi connectivity index (χ4n) is 1.56. The molecule has 15 heavy (non-hydrogen) atoms. The van der Waals surface area contributed by atoms with Gasteiger partial charge in [0, 0.05) is 6.07 Å². The second-order valence-electron chi connectivity index (χ2n) is 3.17. The van der Waals surface area contributed by atoms with Gasteiger partial charge in [0.25, 0.3) is 0 Å². The van der Waals surface area contributed by atoms with Gasteiger partial charge in [-0.3, -0.25) is 5.10 Å². The summed E-state index contributed by atoms with van der Waals surface area (Å²) in [6, 6.07) is 1.61. The van der Waals surface area contributed by atoms with Gasteiger partial charge >= 0.3 is 0 Å². The quantitative estimate of drug-likeness (QED) is 0.384. The fourth-order valence-corrected chi connectivity index (χ4v) is 1.56. The molecule has 8 nitrogen and oxygen atoms in total. The molecule has 0 aliphatic heterocycles. The first-order valence-corrected chi connectivity index (χ1v) is 4.21. The average molecular weight is 204 g/mol. The van der Waals surface area contributed by atoms with Crippen LogP contribution in [0.5, 0.6) is 0 Å². The molecule has 0 atom stereocenters. The minimum absolute atomic E-state index is 0.309. The molecule has 0 amide bonds. The first-order valence-electron chi connectivity index (χ1n) is 4.21. The van der Waals surface area contributed by atoms with Crippen molar-refractivity contribution in [3.05, 3.63) is 6.07 Å². The number of H-pyrrole nitrogens is 1. The van der Waals surface area contributed by atoms with Crippen LogP contribution in [0.3, 0.4) is 0 Å². The Hall–Kier alpha value is -2.51. The third-order valence-electron chi connectivity index (χ3n) is 2.18. The predicted octanol–water partition coefficient (Wildman–Crippen LogP) is -0.648. The Morgan fingerprint density at radius 2 is 2.07 bits per heavy atom. The van der Waals surface area contributed by atoms with Gasteiger partial charge in [-0.1, -0.05) is 0 Å². The van der Waals surface area contributed by atoms with Crippen LogP contribution in [0.2, 0.25) is 0 Å². The highest BCUT2D eigenvalue weighted by atomic mass is 15.3. The molecular formula is C7H8N8. The number of rotatable bonds is 0. The summed E-state index contributed by atoms with van der Waals surface area (Å²) < 4.78 is 1.49. The van der Waals surface area contributed by atoms with E-state index in [-0.39, 0.29) is 0 Å². The molecule has 3 aromatic heterocycles. The van der Waals surface area contributed by atoms with Crippen molar-refractivity contribution in [2.24, 2.45) is 0 Å². The Bertz CT molecular complexity index is 662. The van der Waals surface area contributed by atoms with E-state index in [2.05, 4.69) is 20.3 Å². The smallest absolute Gasteiger partial charge is 0.190 e. The van der Waals surface area contributed by atoms with Gasteiger partial charge in [0.05, 0.1) is 0 Å². The van der Waals surface area contributed by atoms with Crippen LogP contribution in [-0.4, -0.2) is 24.8 Å². The van der Waals surface area contributed by atoms with Crippen molar-refractivity contribution in [3.8, 4) is 0 Å². The first kappa shape index (κ1) is 7.85.